The molecule has 3 aromatic carbocycles. The number of carbonyl (C=O) groups is 8. The predicted molar refractivity (Wildman–Crippen MR) is 293 cm³/mol. The zero-order valence-electron chi connectivity index (χ0n) is 46.7. The predicted octanol–water partition coefficient (Wildman–Crippen LogP) is 3.16. The highest BCUT2D eigenvalue weighted by Gasteiger charge is 2.48. The number of benzene rings is 3. The number of phenolic OH excluding ortho intramolecular Hbond substituents is 2. The fourth-order valence-corrected chi connectivity index (χ4v) is 11.1. The van der Waals surface area contributed by atoms with Gasteiger partial charge >= 0.3 is 0 Å². The number of amides is 8. The maximum atomic E-state index is 14.7. The Bertz CT molecular complexity index is 2590. The molecule has 10 N–H and O–H groups in total. The maximum Gasteiger partial charge on any atom is 0.251 e. The maximum absolute atomic E-state index is 14.7. The standard InChI is InChI=1S/C58H80N10O10/c1-31(59-9)49(71)65-47(57(3,4)5)55(77)67-29-37(27-45(67)53(75)63-43-18-12-14-33-25-39(69)20-22-41(33)43)61-51(73)35-16-11-17-36(24-35)52(74)62-38-28-46(54(76)64-44-19-13-15-34-26-40(70)21-23-42(34)44)68(30-38)56(78)48(58(6,7)8)66-50(72)32(2)60-10/h11,16-17,20-26,31-32,37-38,43-48,59-60,69-70H,12-15,18-19,27-30H2,1-10H3,(H,61,73)(H,62,74)(H,63,75)(H,64,76)(H,65,71)(H,66,72)/t31-,32-,37-,38-,43+,44+,45-,46-,47+,48+/m0/s1. The molecule has 0 bridgehead atoms. The van der Waals surface area contributed by atoms with Gasteiger partial charge in [0.05, 0.1) is 24.2 Å². The summed E-state index contributed by atoms with van der Waals surface area (Å²) in [5.74, 6) is -3.50. The summed E-state index contributed by atoms with van der Waals surface area (Å²) < 4.78 is 0. The number of fused-ring (bicyclic) bond motifs is 2. The van der Waals surface area contributed by atoms with Gasteiger partial charge in [-0.25, -0.2) is 0 Å². The highest BCUT2D eigenvalue weighted by Crippen LogP contribution is 2.35. The molecule has 0 spiro atoms. The van der Waals surface area contributed by atoms with Crippen molar-refractivity contribution in [3.8, 4) is 11.5 Å². The summed E-state index contributed by atoms with van der Waals surface area (Å²) in [5, 5.41) is 44.2. The Kier molecular flexibility index (Phi) is 18.3. The second-order valence-electron chi connectivity index (χ2n) is 23.7. The third-order valence-electron chi connectivity index (χ3n) is 15.8. The van der Waals surface area contributed by atoms with Crippen molar-refractivity contribution < 1.29 is 48.6 Å². The van der Waals surface area contributed by atoms with Crippen LogP contribution in [-0.4, -0.2) is 143 Å². The highest BCUT2D eigenvalue weighted by molar-refractivity contribution is 6.01. The Morgan fingerprint density at radius 2 is 0.936 bits per heavy atom. The number of likely N-dealkylation sites (N-methyl/N-ethyl adjacent to an activating group) is 2. The van der Waals surface area contributed by atoms with Gasteiger partial charge in [0.2, 0.25) is 35.4 Å². The molecule has 4 aliphatic rings. The summed E-state index contributed by atoms with van der Waals surface area (Å²) in [6.07, 6.45) is 4.38. The fourth-order valence-electron chi connectivity index (χ4n) is 11.1. The number of rotatable bonds is 16. The number of nitrogens with zero attached hydrogens (tertiary/aromatic N) is 2. The SMILES string of the molecule is CN[C@@H](C)C(=O)N[C@H](C(=O)N1C[C@@H](NC(=O)c2cccc(C(=O)N[C@H]3C[C@@H](C(=O)N[C@@H]4CCCc5cc(O)ccc54)N(C(=O)[C@@H](NC(=O)[C@H](C)NC)C(C)(C)C)C3)c2)C[C@H]1C(=O)N[C@@H]1CCCc2cc(O)ccc21)C(C)(C)C. The number of carbonyl (C=O) groups excluding carboxylic acids is 8. The summed E-state index contributed by atoms with van der Waals surface area (Å²) in [7, 11) is 3.27. The number of hydrogen-bond acceptors (Lipinski definition) is 12. The average molecular weight is 1080 g/mol. The van der Waals surface area contributed by atoms with E-state index in [2.05, 4.69) is 42.5 Å². The summed E-state index contributed by atoms with van der Waals surface area (Å²) in [5.41, 5.74) is 2.28. The van der Waals surface area contributed by atoms with Crippen molar-refractivity contribution in [3.05, 3.63) is 94.0 Å². The van der Waals surface area contributed by atoms with Crippen molar-refractivity contribution >= 4 is 47.3 Å². The molecular weight excluding hydrogens is 997 g/mol. The van der Waals surface area contributed by atoms with Gasteiger partial charge in [0.25, 0.3) is 11.8 Å². The molecule has 20 nitrogen and oxygen atoms in total. The van der Waals surface area contributed by atoms with E-state index < -0.39 is 106 Å². The first-order valence-corrected chi connectivity index (χ1v) is 27.3. The number of aromatic hydroxyl groups is 2. The number of phenols is 2. The van der Waals surface area contributed by atoms with E-state index in [1.54, 1.807) is 70.4 Å². The first kappa shape index (κ1) is 58.6. The lowest BCUT2D eigenvalue weighted by atomic mass is 9.85. The number of hydrogen-bond donors (Lipinski definition) is 10. The molecule has 8 amide bonds. The molecule has 2 fully saturated rings. The summed E-state index contributed by atoms with van der Waals surface area (Å²) >= 11 is 0. The minimum Gasteiger partial charge on any atom is -0.508 e. The third-order valence-corrected chi connectivity index (χ3v) is 15.8. The number of nitrogens with one attached hydrogen (secondary N) is 8. The van der Waals surface area contributed by atoms with Gasteiger partial charge in [-0.2, -0.15) is 0 Å². The third kappa shape index (κ3) is 13.6. The monoisotopic (exact) mass is 1080 g/mol. The van der Waals surface area contributed by atoms with Crippen LogP contribution in [0.5, 0.6) is 11.5 Å². The molecule has 3 aromatic rings. The van der Waals surface area contributed by atoms with Crippen LogP contribution in [0, 0.1) is 10.8 Å². The van der Waals surface area contributed by atoms with Crippen LogP contribution in [0.3, 0.4) is 0 Å². The lowest BCUT2D eigenvalue weighted by molar-refractivity contribution is -0.144. The Balaban J connectivity index is 1.09. The summed E-state index contributed by atoms with van der Waals surface area (Å²) in [6.45, 7) is 14.2. The molecule has 20 heteroatoms. The molecule has 2 aliphatic carbocycles. The van der Waals surface area contributed by atoms with Crippen LogP contribution >= 0.6 is 0 Å². The van der Waals surface area contributed by atoms with E-state index in [-0.39, 0.29) is 60.6 Å². The molecule has 2 heterocycles. The van der Waals surface area contributed by atoms with Gasteiger partial charge in [-0.15, -0.1) is 0 Å². The van der Waals surface area contributed by atoms with Crippen molar-refractivity contribution in [2.75, 3.05) is 27.2 Å². The molecule has 0 unspecified atom stereocenters. The normalized spacial score (nSPS) is 22.6. The quantitative estimate of drug-likeness (QED) is 0.0991. The van der Waals surface area contributed by atoms with Crippen molar-refractivity contribution in [1.29, 1.82) is 0 Å². The van der Waals surface area contributed by atoms with E-state index in [0.717, 1.165) is 47.9 Å². The zero-order valence-corrected chi connectivity index (χ0v) is 46.7. The first-order chi connectivity index (χ1) is 36.8. The second-order valence-corrected chi connectivity index (χ2v) is 23.7. The van der Waals surface area contributed by atoms with Gasteiger partial charge in [-0.05, 0) is 155 Å². The van der Waals surface area contributed by atoms with Gasteiger partial charge in [-0.1, -0.05) is 59.7 Å². The van der Waals surface area contributed by atoms with Crippen molar-refractivity contribution in [1.82, 2.24) is 52.3 Å². The highest BCUT2D eigenvalue weighted by atomic mass is 16.3. The molecule has 0 aromatic heterocycles. The zero-order chi connectivity index (χ0) is 57.0. The van der Waals surface area contributed by atoms with Crippen LogP contribution in [0.25, 0.3) is 0 Å². The average Bonchev–Trinajstić information content (AvgIpc) is 4.03. The molecule has 7 rings (SSSR count). The molecule has 422 valence electrons. The van der Waals surface area contributed by atoms with Crippen LogP contribution in [0.1, 0.15) is 149 Å². The van der Waals surface area contributed by atoms with E-state index >= 15 is 0 Å². The lowest BCUT2D eigenvalue weighted by Gasteiger charge is -2.36. The van der Waals surface area contributed by atoms with Gasteiger partial charge in [0.1, 0.15) is 35.7 Å². The van der Waals surface area contributed by atoms with E-state index in [9.17, 15) is 48.6 Å². The van der Waals surface area contributed by atoms with Gasteiger partial charge in [0.15, 0.2) is 0 Å². The number of likely N-dealkylation sites (tertiary alicyclic amines) is 2. The van der Waals surface area contributed by atoms with Crippen LogP contribution < -0.4 is 42.5 Å². The largest absolute Gasteiger partial charge is 0.508 e. The molecular formula is C58H80N10O10. The van der Waals surface area contributed by atoms with Crippen LogP contribution in [-0.2, 0) is 41.6 Å². The molecule has 2 saturated heterocycles. The van der Waals surface area contributed by atoms with Crippen molar-refractivity contribution in [2.45, 2.75) is 167 Å². The molecule has 2 aliphatic heterocycles. The van der Waals surface area contributed by atoms with Gasteiger partial charge in [-0.3, -0.25) is 38.4 Å². The Morgan fingerprint density at radius 3 is 1.29 bits per heavy atom. The van der Waals surface area contributed by atoms with Gasteiger partial charge < -0.3 is 62.5 Å². The molecule has 78 heavy (non-hydrogen) atoms. The van der Waals surface area contributed by atoms with Crippen molar-refractivity contribution in [3.63, 3.8) is 0 Å². The Hall–Kier alpha value is -7.06. The minimum atomic E-state index is -1.03. The molecule has 0 radical (unpaired) electrons. The number of aryl methyl sites for hydroxylation is 2. The Morgan fingerprint density at radius 1 is 0.551 bits per heavy atom. The molecule has 10 atom stereocenters. The topological polar surface area (TPSA) is 280 Å². The fraction of sp³-hybridized carbons (Fsp3) is 0.552. The van der Waals surface area contributed by atoms with Gasteiger partial charge in [0, 0.05) is 36.3 Å². The Labute approximate surface area is 457 Å². The molecule has 0 saturated carbocycles. The smallest absolute Gasteiger partial charge is 0.251 e. The minimum absolute atomic E-state index is 0.0487. The second kappa shape index (κ2) is 24.3. The van der Waals surface area contributed by atoms with Crippen LogP contribution in [0.2, 0.25) is 0 Å². The summed E-state index contributed by atoms with van der Waals surface area (Å²) in [6, 6.07) is 8.62. The van der Waals surface area contributed by atoms with E-state index in [1.807, 2.05) is 41.5 Å². The summed E-state index contributed by atoms with van der Waals surface area (Å²) in [4.78, 5) is 116. The van der Waals surface area contributed by atoms with E-state index in [1.165, 1.54) is 28.0 Å². The van der Waals surface area contributed by atoms with Crippen molar-refractivity contribution in [2.24, 2.45) is 10.8 Å². The first-order valence-electron chi connectivity index (χ1n) is 27.3. The lowest BCUT2D eigenvalue weighted by Crippen LogP contribution is -2.59. The van der Waals surface area contributed by atoms with Crippen LogP contribution in [0.4, 0.5) is 0 Å². The van der Waals surface area contributed by atoms with E-state index in [0.29, 0.717) is 12.8 Å². The van der Waals surface area contributed by atoms with E-state index in [4.69, 9.17) is 0 Å². The van der Waals surface area contributed by atoms with Crippen LogP contribution in [0.15, 0.2) is 60.7 Å².